The first kappa shape index (κ1) is 17.9. The van der Waals surface area contributed by atoms with E-state index in [-0.39, 0.29) is 11.3 Å². The monoisotopic (exact) mass is 377 g/mol. The van der Waals surface area contributed by atoms with Crippen LogP contribution in [-0.2, 0) is 14.3 Å². The van der Waals surface area contributed by atoms with Crippen molar-refractivity contribution < 1.29 is 19.4 Å². The smallest absolute Gasteiger partial charge is 0.357 e. The molecule has 1 saturated heterocycles. The van der Waals surface area contributed by atoms with Gasteiger partial charge in [0.2, 0.25) is 0 Å². The van der Waals surface area contributed by atoms with Crippen LogP contribution in [0, 0.1) is 0 Å². The molecule has 0 spiro atoms. The molecule has 2 heterocycles. The Hall–Kier alpha value is -3.45. The van der Waals surface area contributed by atoms with Gasteiger partial charge < -0.3 is 14.7 Å². The number of amides is 1. The van der Waals surface area contributed by atoms with E-state index in [4.69, 9.17) is 4.74 Å². The number of benzene rings is 2. The zero-order chi connectivity index (χ0) is 19.5. The van der Waals surface area contributed by atoms with E-state index >= 15 is 0 Å². The lowest BCUT2D eigenvalue weighted by Crippen LogP contribution is -2.36. The number of aliphatic carboxylic acids is 1. The predicted octanol–water partition coefficient (Wildman–Crippen LogP) is 2.39. The maximum Gasteiger partial charge on any atom is 0.357 e. The minimum absolute atomic E-state index is 0.0653. The Morgan fingerprint density at radius 1 is 1.00 bits per heavy atom. The number of para-hydroxylation sites is 1. The molecule has 28 heavy (non-hydrogen) atoms. The van der Waals surface area contributed by atoms with Crippen molar-refractivity contribution in [3.05, 3.63) is 65.7 Å². The van der Waals surface area contributed by atoms with Gasteiger partial charge in [0, 0.05) is 18.8 Å². The molecular formula is C21H19N3O4. The van der Waals surface area contributed by atoms with Gasteiger partial charge in [-0.05, 0) is 35.9 Å². The molecule has 1 fully saturated rings. The normalized spacial score (nSPS) is 18.5. The molecule has 142 valence electrons. The van der Waals surface area contributed by atoms with Crippen LogP contribution in [0.1, 0.15) is 5.56 Å². The largest absolute Gasteiger partial charge is 0.476 e. The molecule has 2 aliphatic heterocycles. The van der Waals surface area contributed by atoms with Gasteiger partial charge in [0.25, 0.3) is 5.91 Å². The molecule has 7 heteroatoms. The van der Waals surface area contributed by atoms with E-state index in [1.807, 2.05) is 30.3 Å². The average molecular weight is 377 g/mol. The summed E-state index contributed by atoms with van der Waals surface area (Å²) in [6.45, 7) is 3.07. The van der Waals surface area contributed by atoms with Crippen molar-refractivity contribution in [2.24, 2.45) is 5.10 Å². The quantitative estimate of drug-likeness (QED) is 0.828. The lowest BCUT2D eigenvalue weighted by Gasteiger charge is -2.28. The van der Waals surface area contributed by atoms with E-state index in [9.17, 15) is 14.7 Å². The van der Waals surface area contributed by atoms with Crippen LogP contribution in [0.5, 0.6) is 0 Å². The van der Waals surface area contributed by atoms with Crippen LogP contribution in [0.3, 0.4) is 0 Å². The van der Waals surface area contributed by atoms with Crippen molar-refractivity contribution in [2.45, 2.75) is 0 Å². The van der Waals surface area contributed by atoms with Crippen LogP contribution in [0.2, 0.25) is 0 Å². The van der Waals surface area contributed by atoms with Crippen LogP contribution in [0.4, 0.5) is 11.4 Å². The van der Waals surface area contributed by atoms with Crippen LogP contribution in [0.15, 0.2) is 65.3 Å². The van der Waals surface area contributed by atoms with Gasteiger partial charge in [-0.3, -0.25) is 4.79 Å². The Balaban J connectivity index is 1.61. The number of carboxylic acids is 1. The molecule has 2 aliphatic rings. The second-order valence-corrected chi connectivity index (χ2v) is 6.46. The number of hydrogen-bond donors (Lipinski definition) is 1. The fourth-order valence-corrected chi connectivity index (χ4v) is 3.22. The third kappa shape index (κ3) is 3.52. The highest BCUT2D eigenvalue weighted by atomic mass is 16.5. The van der Waals surface area contributed by atoms with Gasteiger partial charge in [-0.25, -0.2) is 4.79 Å². The third-order valence-electron chi connectivity index (χ3n) is 4.66. The molecule has 1 N–H and O–H groups in total. The predicted molar refractivity (Wildman–Crippen MR) is 106 cm³/mol. The van der Waals surface area contributed by atoms with Crippen LogP contribution in [-0.4, -0.2) is 49.0 Å². The lowest BCUT2D eigenvalue weighted by atomic mass is 10.1. The first-order valence-corrected chi connectivity index (χ1v) is 9.00. The topological polar surface area (TPSA) is 82.4 Å². The molecule has 2 aromatic carbocycles. The second kappa shape index (κ2) is 7.66. The Morgan fingerprint density at radius 2 is 1.68 bits per heavy atom. The summed E-state index contributed by atoms with van der Waals surface area (Å²) in [4.78, 5) is 26.6. The first-order valence-electron chi connectivity index (χ1n) is 9.00. The standard InChI is InChI=1S/C21H19N3O4/c25-20-18(19(21(26)27)22-24(20)17-4-2-1-3-5-17)14-15-6-8-16(9-7-15)23-10-12-28-13-11-23/h1-9,14H,10-13H2,(H,26,27)/b18-14-. The van der Waals surface area contributed by atoms with Gasteiger partial charge in [-0.2, -0.15) is 10.1 Å². The summed E-state index contributed by atoms with van der Waals surface area (Å²) >= 11 is 0. The second-order valence-electron chi connectivity index (χ2n) is 6.46. The number of anilines is 2. The van der Waals surface area contributed by atoms with Gasteiger partial charge in [0.05, 0.1) is 24.5 Å². The van der Waals surface area contributed by atoms with Crippen LogP contribution >= 0.6 is 0 Å². The molecule has 4 rings (SSSR count). The number of carbonyl (C=O) groups is 2. The zero-order valence-electron chi connectivity index (χ0n) is 15.1. The van der Waals surface area contributed by atoms with E-state index in [0.29, 0.717) is 18.9 Å². The Kier molecular flexibility index (Phi) is 4.90. The van der Waals surface area contributed by atoms with Gasteiger partial charge in [0.15, 0.2) is 5.71 Å². The highest BCUT2D eigenvalue weighted by Crippen LogP contribution is 2.26. The van der Waals surface area contributed by atoms with Gasteiger partial charge in [-0.15, -0.1) is 0 Å². The highest BCUT2D eigenvalue weighted by molar-refractivity contribution is 6.53. The molecular weight excluding hydrogens is 358 g/mol. The Bertz CT molecular complexity index is 945. The first-order chi connectivity index (χ1) is 13.6. The van der Waals surface area contributed by atoms with Crippen molar-refractivity contribution in [3.8, 4) is 0 Å². The average Bonchev–Trinajstić information content (AvgIpc) is 3.06. The molecule has 0 bridgehead atoms. The number of hydrazone groups is 1. The minimum atomic E-state index is -1.23. The molecule has 2 aromatic rings. The fourth-order valence-electron chi connectivity index (χ4n) is 3.22. The molecule has 7 nitrogen and oxygen atoms in total. The lowest BCUT2D eigenvalue weighted by molar-refractivity contribution is -0.129. The summed E-state index contributed by atoms with van der Waals surface area (Å²) in [7, 11) is 0. The molecule has 0 aromatic heterocycles. The van der Waals surface area contributed by atoms with Gasteiger partial charge in [0.1, 0.15) is 0 Å². The van der Waals surface area contributed by atoms with E-state index in [2.05, 4.69) is 10.0 Å². The molecule has 1 amide bonds. The zero-order valence-corrected chi connectivity index (χ0v) is 15.1. The van der Waals surface area contributed by atoms with Gasteiger partial charge in [-0.1, -0.05) is 30.3 Å². The van der Waals surface area contributed by atoms with Crippen LogP contribution in [0.25, 0.3) is 6.08 Å². The summed E-state index contributed by atoms with van der Waals surface area (Å²) < 4.78 is 5.36. The molecule has 0 unspecified atom stereocenters. The number of hydrogen-bond acceptors (Lipinski definition) is 5. The summed E-state index contributed by atoms with van der Waals surface area (Å²) in [6.07, 6.45) is 1.57. The molecule has 0 aliphatic carbocycles. The summed E-state index contributed by atoms with van der Waals surface area (Å²) in [5.74, 6) is -1.69. The van der Waals surface area contributed by atoms with Gasteiger partial charge >= 0.3 is 5.97 Å². The van der Waals surface area contributed by atoms with E-state index in [1.165, 1.54) is 0 Å². The summed E-state index contributed by atoms with van der Waals surface area (Å²) in [5.41, 5.74) is 2.14. The minimum Gasteiger partial charge on any atom is -0.476 e. The highest BCUT2D eigenvalue weighted by Gasteiger charge is 2.35. The van der Waals surface area contributed by atoms with E-state index in [1.54, 1.807) is 30.3 Å². The van der Waals surface area contributed by atoms with Crippen molar-refractivity contribution >= 4 is 35.0 Å². The SMILES string of the molecule is O=C(O)C1=NN(c2ccccc2)C(=O)/C1=C\c1ccc(N2CCOCC2)cc1. The van der Waals surface area contributed by atoms with Crippen LogP contribution < -0.4 is 9.91 Å². The number of ether oxygens (including phenoxy) is 1. The summed E-state index contributed by atoms with van der Waals surface area (Å²) in [6, 6.07) is 16.4. The fraction of sp³-hybridized carbons (Fsp3) is 0.190. The van der Waals surface area contributed by atoms with Crippen molar-refractivity contribution in [3.63, 3.8) is 0 Å². The van der Waals surface area contributed by atoms with Crippen molar-refractivity contribution in [1.29, 1.82) is 0 Å². The number of rotatable bonds is 4. The number of nitrogens with zero attached hydrogens (tertiary/aromatic N) is 3. The molecule has 0 radical (unpaired) electrons. The molecule has 0 atom stereocenters. The number of morpholine rings is 1. The number of carbonyl (C=O) groups excluding carboxylic acids is 1. The summed E-state index contributed by atoms with van der Waals surface area (Å²) in [5, 5.41) is 14.6. The molecule has 0 saturated carbocycles. The Labute approximate surface area is 162 Å². The Morgan fingerprint density at radius 3 is 2.32 bits per heavy atom. The number of carboxylic acid groups (broad SMARTS) is 1. The van der Waals surface area contributed by atoms with E-state index in [0.717, 1.165) is 29.3 Å². The third-order valence-corrected chi connectivity index (χ3v) is 4.66. The van der Waals surface area contributed by atoms with Crippen molar-refractivity contribution in [2.75, 3.05) is 36.2 Å². The maximum absolute atomic E-state index is 12.8. The van der Waals surface area contributed by atoms with E-state index < -0.39 is 11.9 Å². The maximum atomic E-state index is 12.8. The van der Waals surface area contributed by atoms with Crippen molar-refractivity contribution in [1.82, 2.24) is 0 Å².